The van der Waals surface area contributed by atoms with Crippen molar-refractivity contribution in [2.24, 2.45) is 0 Å². The predicted octanol–water partition coefficient (Wildman–Crippen LogP) is 7.05. The number of piperazine rings is 2. The molecule has 0 spiro atoms. The van der Waals surface area contributed by atoms with E-state index >= 15 is 0 Å². The van der Waals surface area contributed by atoms with Crippen molar-refractivity contribution in [3.05, 3.63) is 142 Å². The molecule has 0 saturated carbocycles. The molecule has 12 rings (SSSR count). The molecule has 18 nitrogen and oxygen atoms in total. The van der Waals surface area contributed by atoms with Crippen LogP contribution in [0.4, 0.5) is 29.5 Å². The highest BCUT2D eigenvalue weighted by molar-refractivity contribution is 5.86. The molecule has 0 aliphatic carbocycles. The van der Waals surface area contributed by atoms with Gasteiger partial charge in [-0.15, -0.1) is 0 Å². The van der Waals surface area contributed by atoms with E-state index in [1.165, 1.54) is 12.1 Å². The average molecular weight is 1040 g/mol. The highest BCUT2D eigenvalue weighted by Gasteiger charge is 2.33. The largest absolute Gasteiger partial charge is 0.434 e. The molecular weight excluding hydrogens is 989 g/mol. The van der Waals surface area contributed by atoms with Crippen LogP contribution in [0, 0.1) is 0 Å². The molecule has 2 atom stereocenters. The summed E-state index contributed by atoms with van der Waals surface area (Å²) in [5.41, 5.74) is 5.69. The number of carbonyl (C=O) groups excluding carboxylic acids is 2. The second-order valence-corrected chi connectivity index (χ2v) is 19.0. The maximum atomic E-state index is 13.1. The monoisotopic (exact) mass is 1040 g/mol. The molecule has 76 heavy (non-hydrogen) atoms. The smallest absolute Gasteiger partial charge is 0.387 e. The van der Waals surface area contributed by atoms with E-state index in [1.54, 1.807) is 96.5 Å². The Labute approximate surface area is 431 Å². The quantitative estimate of drug-likeness (QED) is 0.128. The third kappa shape index (κ3) is 9.47. The SMILES string of the molecule is CC(=O)N1CCN(c2ncc(-c3ccc4c(=O)n5n(c4c3)C(c3ccccc3OC(F)F)CC5)cn2)CC1.CC(=O)N1CCN(c2ncc(-c3ccc4c(=O)n5n(c4c3)[C@@H](c3ccccc3OC(F)F)CC5)cn2)CC1. The number of amides is 2. The maximum absolute atomic E-state index is 13.1. The molecule has 392 valence electrons. The van der Waals surface area contributed by atoms with Crippen LogP contribution in [0.2, 0.25) is 0 Å². The summed E-state index contributed by atoms with van der Waals surface area (Å²) >= 11 is 0. The Bertz CT molecular complexity index is 3350. The number of para-hydroxylation sites is 2. The van der Waals surface area contributed by atoms with Crippen molar-refractivity contribution in [1.82, 2.24) is 48.5 Å². The molecule has 2 saturated heterocycles. The Hall–Kier alpha value is -8.56. The lowest BCUT2D eigenvalue weighted by molar-refractivity contribution is -0.129. The van der Waals surface area contributed by atoms with E-state index in [2.05, 4.69) is 29.7 Å². The van der Waals surface area contributed by atoms with Crippen molar-refractivity contribution in [2.75, 3.05) is 62.2 Å². The first-order chi connectivity index (χ1) is 36.8. The number of alkyl halides is 4. The Morgan fingerprint density at radius 2 is 0.868 bits per heavy atom. The van der Waals surface area contributed by atoms with Crippen LogP contribution in [0.25, 0.3) is 44.1 Å². The number of hydrogen-bond donors (Lipinski definition) is 0. The Morgan fingerprint density at radius 1 is 0.500 bits per heavy atom. The Kier molecular flexibility index (Phi) is 13.5. The van der Waals surface area contributed by atoms with Gasteiger partial charge in [0.25, 0.3) is 11.1 Å². The molecule has 4 aromatic heterocycles. The van der Waals surface area contributed by atoms with Crippen molar-refractivity contribution in [3.63, 3.8) is 0 Å². The fraction of sp³-hybridized carbons (Fsp3) is 0.333. The van der Waals surface area contributed by atoms with E-state index in [1.807, 2.05) is 43.4 Å². The van der Waals surface area contributed by atoms with Crippen molar-refractivity contribution in [3.8, 4) is 33.8 Å². The zero-order valence-electron chi connectivity index (χ0n) is 41.5. The van der Waals surface area contributed by atoms with Crippen molar-refractivity contribution in [2.45, 2.75) is 65.1 Å². The minimum Gasteiger partial charge on any atom is -0.434 e. The number of ether oxygens (including phenoxy) is 2. The van der Waals surface area contributed by atoms with Gasteiger partial charge in [-0.2, -0.15) is 17.6 Å². The summed E-state index contributed by atoms with van der Waals surface area (Å²) in [4.78, 5) is 75.4. The molecule has 8 aromatic rings. The van der Waals surface area contributed by atoms with Gasteiger partial charge in [0.15, 0.2) is 0 Å². The zero-order chi connectivity index (χ0) is 52.8. The lowest BCUT2D eigenvalue weighted by Gasteiger charge is -2.34. The van der Waals surface area contributed by atoms with Crippen LogP contribution in [0.1, 0.15) is 49.9 Å². The number of anilines is 2. The predicted molar refractivity (Wildman–Crippen MR) is 275 cm³/mol. The number of carbonyl (C=O) groups is 2. The van der Waals surface area contributed by atoms with Crippen molar-refractivity contribution < 1.29 is 36.6 Å². The van der Waals surface area contributed by atoms with Crippen LogP contribution in [0.5, 0.6) is 11.5 Å². The molecule has 8 heterocycles. The molecule has 0 N–H and O–H groups in total. The van der Waals surface area contributed by atoms with Gasteiger partial charge in [-0.1, -0.05) is 48.5 Å². The van der Waals surface area contributed by atoms with Gasteiger partial charge < -0.3 is 29.1 Å². The summed E-state index contributed by atoms with van der Waals surface area (Å²) < 4.78 is 68.9. The Balaban J connectivity index is 0.000000162. The third-order valence-corrected chi connectivity index (χ3v) is 14.7. The van der Waals surface area contributed by atoms with Crippen LogP contribution in [0.15, 0.2) is 119 Å². The molecule has 4 aliphatic rings. The topological polar surface area (TPSA) is 171 Å². The molecule has 4 aliphatic heterocycles. The van der Waals surface area contributed by atoms with E-state index in [9.17, 15) is 36.7 Å². The summed E-state index contributed by atoms with van der Waals surface area (Å²) in [6.45, 7) is 3.46. The van der Waals surface area contributed by atoms with Gasteiger partial charge in [0.1, 0.15) is 11.5 Å². The number of aromatic nitrogens is 8. The summed E-state index contributed by atoms with van der Waals surface area (Å²) in [6, 6.07) is 24.0. The molecule has 4 aromatic carbocycles. The second kappa shape index (κ2) is 20.6. The highest BCUT2D eigenvalue weighted by Crippen LogP contribution is 2.39. The van der Waals surface area contributed by atoms with Gasteiger partial charge in [-0.25, -0.2) is 29.3 Å². The first-order valence-electron chi connectivity index (χ1n) is 25.0. The zero-order valence-corrected chi connectivity index (χ0v) is 41.5. The van der Waals surface area contributed by atoms with Crippen molar-refractivity contribution >= 4 is 45.5 Å². The van der Waals surface area contributed by atoms with Crippen molar-refractivity contribution in [1.29, 1.82) is 0 Å². The number of halogens is 4. The number of fused-ring (bicyclic) bond motifs is 6. The first-order valence-corrected chi connectivity index (χ1v) is 25.0. The van der Waals surface area contributed by atoms with Crippen LogP contribution in [-0.2, 0) is 22.7 Å². The van der Waals surface area contributed by atoms with E-state index in [4.69, 9.17) is 9.47 Å². The van der Waals surface area contributed by atoms with Crippen LogP contribution in [-0.4, -0.2) is 126 Å². The molecule has 2 amide bonds. The van der Waals surface area contributed by atoms with Gasteiger partial charge in [-0.3, -0.25) is 28.5 Å². The lowest BCUT2D eigenvalue weighted by atomic mass is 10.0. The van der Waals surface area contributed by atoms with E-state index in [0.29, 0.717) is 123 Å². The normalized spacial score (nSPS) is 17.3. The van der Waals surface area contributed by atoms with Crippen LogP contribution in [0.3, 0.4) is 0 Å². The summed E-state index contributed by atoms with van der Waals surface area (Å²) in [7, 11) is 0. The van der Waals surface area contributed by atoms with Gasteiger partial charge in [0.05, 0.1) is 33.9 Å². The number of rotatable bonds is 10. The number of nitrogens with zero attached hydrogens (tertiary/aromatic N) is 12. The summed E-state index contributed by atoms with van der Waals surface area (Å²) in [5, 5.41) is 1.12. The maximum Gasteiger partial charge on any atom is 0.387 e. The fourth-order valence-corrected chi connectivity index (χ4v) is 10.9. The molecule has 0 radical (unpaired) electrons. The molecule has 22 heteroatoms. The minimum atomic E-state index is -2.94. The van der Waals surface area contributed by atoms with Crippen LogP contribution < -0.4 is 30.4 Å². The molecule has 0 bridgehead atoms. The third-order valence-electron chi connectivity index (χ3n) is 14.7. The molecule has 1 unspecified atom stereocenters. The molecular formula is C54H52F4N12O6. The average Bonchev–Trinajstić information content (AvgIpc) is 4.33. The minimum absolute atomic E-state index is 0.0693. The Morgan fingerprint density at radius 3 is 1.22 bits per heavy atom. The van der Waals surface area contributed by atoms with Gasteiger partial charge >= 0.3 is 13.2 Å². The standard InChI is InChI=1S/2C27H26F2N6O3/c2*1-17(36)32-10-12-33(13-11-32)27-30-15-19(16-31-27)18-6-7-21-23(14-18)35-22(8-9-34(35)25(21)37)20-4-2-3-5-24(20)38-26(28)29/h2*2-7,14-16,22,26H,8-13H2,1H3/t22-;/m1./s1. The van der Waals surface area contributed by atoms with Gasteiger partial charge in [-0.05, 0) is 60.4 Å². The second-order valence-electron chi connectivity index (χ2n) is 19.0. The number of hydrogen-bond acceptors (Lipinski definition) is 12. The molecule has 2 fully saturated rings. The summed E-state index contributed by atoms with van der Waals surface area (Å²) in [5.74, 6) is 1.57. The number of benzene rings is 4. The van der Waals surface area contributed by atoms with Gasteiger partial charge in [0, 0.05) is 126 Å². The summed E-state index contributed by atoms with van der Waals surface area (Å²) in [6.07, 6.45) is 8.19. The van der Waals surface area contributed by atoms with Crippen LogP contribution >= 0.6 is 0 Å². The van der Waals surface area contributed by atoms with E-state index < -0.39 is 13.2 Å². The highest BCUT2D eigenvalue weighted by atomic mass is 19.3. The van der Waals surface area contributed by atoms with E-state index in [-0.39, 0.29) is 46.5 Å². The van der Waals surface area contributed by atoms with E-state index in [0.717, 1.165) is 22.3 Å². The first kappa shape index (κ1) is 49.6. The lowest BCUT2D eigenvalue weighted by Crippen LogP contribution is -2.48. The fourth-order valence-electron chi connectivity index (χ4n) is 10.9. The van der Waals surface area contributed by atoms with Gasteiger partial charge in [0.2, 0.25) is 23.7 Å².